The topological polar surface area (TPSA) is 49.2 Å². The third-order valence-corrected chi connectivity index (χ3v) is 4.82. The van der Waals surface area contributed by atoms with Gasteiger partial charge in [0, 0.05) is 24.5 Å². The van der Waals surface area contributed by atoms with Crippen LogP contribution in [-0.2, 0) is 0 Å². The van der Waals surface area contributed by atoms with Gasteiger partial charge < -0.3 is 10.0 Å². The zero-order chi connectivity index (χ0) is 17.4. The molecule has 0 spiro atoms. The summed E-state index contributed by atoms with van der Waals surface area (Å²) < 4.78 is 27.1. The van der Waals surface area contributed by atoms with Gasteiger partial charge >= 0.3 is 0 Å². The van der Waals surface area contributed by atoms with Crippen molar-refractivity contribution in [3.8, 4) is 5.75 Å². The first-order chi connectivity index (χ1) is 12.1. The van der Waals surface area contributed by atoms with E-state index >= 15 is 0 Å². The number of phenols is 1. The summed E-state index contributed by atoms with van der Waals surface area (Å²) in [6.45, 7) is 1.55. The summed E-state index contributed by atoms with van der Waals surface area (Å²) in [6.07, 6.45) is 3.25. The van der Waals surface area contributed by atoms with E-state index < -0.39 is 11.6 Å². The van der Waals surface area contributed by atoms with Crippen LogP contribution in [-0.4, -0.2) is 28.2 Å². The number of aromatic hydroxyl groups is 1. The summed E-state index contributed by atoms with van der Waals surface area (Å²) in [5.74, 6) is -0.458. The molecule has 3 aromatic rings. The summed E-state index contributed by atoms with van der Waals surface area (Å²) in [4.78, 5) is 10.4. The highest BCUT2D eigenvalue weighted by atomic mass is 19.2. The van der Waals surface area contributed by atoms with Crippen molar-refractivity contribution in [1.82, 2.24) is 9.97 Å². The molecular weight excluding hydrogens is 324 g/mol. The second-order valence-corrected chi connectivity index (χ2v) is 6.33. The molecule has 1 aliphatic heterocycles. The molecule has 4 rings (SSSR count). The number of rotatable bonds is 2. The average molecular weight is 341 g/mol. The van der Waals surface area contributed by atoms with Crippen molar-refractivity contribution in [1.29, 1.82) is 0 Å². The van der Waals surface area contributed by atoms with Crippen molar-refractivity contribution in [2.75, 3.05) is 18.0 Å². The summed E-state index contributed by atoms with van der Waals surface area (Å²) in [6, 6.07) is 9.60. The van der Waals surface area contributed by atoms with E-state index in [2.05, 4.69) is 14.9 Å². The third-order valence-electron chi connectivity index (χ3n) is 4.82. The van der Waals surface area contributed by atoms with Gasteiger partial charge in [0.15, 0.2) is 11.6 Å². The van der Waals surface area contributed by atoms with Gasteiger partial charge in [0.1, 0.15) is 17.9 Å². The first-order valence-electron chi connectivity index (χ1n) is 8.25. The molecule has 0 aliphatic carbocycles. The normalized spacial score (nSPS) is 15.7. The van der Waals surface area contributed by atoms with Gasteiger partial charge in [-0.2, -0.15) is 0 Å². The standard InChI is InChI=1S/C19H17F2N3O/c20-16-9-15-18(10-17(16)21)22-11-23-19(15)24-7-5-13(6-8-24)12-1-3-14(25)4-2-12/h1-4,9-11,13,25H,5-8H2. The number of benzene rings is 2. The number of hydrogen-bond donors (Lipinski definition) is 1. The number of nitrogens with zero attached hydrogens (tertiary/aromatic N) is 3. The van der Waals surface area contributed by atoms with Crippen molar-refractivity contribution in [3.05, 3.63) is 59.9 Å². The third kappa shape index (κ3) is 2.99. The van der Waals surface area contributed by atoms with Crippen LogP contribution in [0.15, 0.2) is 42.7 Å². The molecule has 1 saturated heterocycles. The van der Waals surface area contributed by atoms with Gasteiger partial charge in [0.05, 0.1) is 5.52 Å². The Kier molecular flexibility index (Phi) is 3.95. The highest BCUT2D eigenvalue weighted by Crippen LogP contribution is 2.33. The molecule has 0 bridgehead atoms. The van der Waals surface area contributed by atoms with E-state index in [9.17, 15) is 13.9 Å². The number of anilines is 1. The van der Waals surface area contributed by atoms with E-state index in [1.54, 1.807) is 12.1 Å². The van der Waals surface area contributed by atoms with Crippen molar-refractivity contribution in [2.45, 2.75) is 18.8 Å². The smallest absolute Gasteiger partial charge is 0.161 e. The Morgan fingerprint density at radius 3 is 2.36 bits per heavy atom. The van der Waals surface area contributed by atoms with Crippen molar-refractivity contribution in [3.63, 3.8) is 0 Å². The van der Waals surface area contributed by atoms with Crippen LogP contribution in [0.3, 0.4) is 0 Å². The van der Waals surface area contributed by atoms with Gasteiger partial charge in [0.2, 0.25) is 0 Å². The molecular formula is C19H17F2N3O. The monoisotopic (exact) mass is 341 g/mol. The summed E-state index contributed by atoms with van der Waals surface area (Å²) in [5, 5.41) is 9.94. The number of aromatic nitrogens is 2. The molecule has 0 saturated carbocycles. The van der Waals surface area contributed by atoms with Crippen molar-refractivity contribution in [2.24, 2.45) is 0 Å². The van der Waals surface area contributed by atoms with E-state index in [0.29, 0.717) is 22.6 Å². The van der Waals surface area contributed by atoms with Crippen LogP contribution in [0.25, 0.3) is 10.9 Å². The number of phenolic OH excluding ortho intramolecular Hbond substituents is 1. The second-order valence-electron chi connectivity index (χ2n) is 6.33. The predicted molar refractivity (Wildman–Crippen MR) is 91.7 cm³/mol. The van der Waals surface area contributed by atoms with Gasteiger partial charge in [0.25, 0.3) is 0 Å². The maximum absolute atomic E-state index is 13.6. The lowest BCUT2D eigenvalue weighted by atomic mass is 9.89. The largest absolute Gasteiger partial charge is 0.508 e. The van der Waals surface area contributed by atoms with Crippen LogP contribution in [0.2, 0.25) is 0 Å². The Morgan fingerprint density at radius 2 is 1.64 bits per heavy atom. The van der Waals surface area contributed by atoms with Gasteiger partial charge in [-0.25, -0.2) is 18.7 Å². The van der Waals surface area contributed by atoms with Crippen LogP contribution in [0.5, 0.6) is 5.75 Å². The van der Waals surface area contributed by atoms with Crippen molar-refractivity contribution < 1.29 is 13.9 Å². The maximum Gasteiger partial charge on any atom is 0.161 e. The summed E-state index contributed by atoms with van der Waals surface area (Å²) >= 11 is 0. The maximum atomic E-state index is 13.6. The fraction of sp³-hybridized carbons (Fsp3) is 0.263. The minimum Gasteiger partial charge on any atom is -0.508 e. The quantitative estimate of drug-likeness (QED) is 0.765. The molecule has 0 unspecified atom stereocenters. The highest BCUT2D eigenvalue weighted by Gasteiger charge is 2.23. The first kappa shape index (κ1) is 15.7. The number of hydrogen-bond acceptors (Lipinski definition) is 4. The summed E-state index contributed by atoms with van der Waals surface area (Å²) in [5.41, 5.74) is 1.61. The van der Waals surface area contributed by atoms with Crippen LogP contribution in [0, 0.1) is 11.6 Å². The Bertz CT molecular complexity index is 906. The molecule has 25 heavy (non-hydrogen) atoms. The number of halogens is 2. The van der Waals surface area contributed by atoms with E-state index in [1.807, 2.05) is 12.1 Å². The number of piperidine rings is 1. The average Bonchev–Trinajstić information content (AvgIpc) is 2.63. The fourth-order valence-corrected chi connectivity index (χ4v) is 3.46. The number of fused-ring (bicyclic) bond motifs is 1. The molecule has 2 aromatic carbocycles. The van der Waals surface area contributed by atoms with E-state index in [1.165, 1.54) is 18.0 Å². The fourth-order valence-electron chi connectivity index (χ4n) is 3.46. The zero-order valence-electron chi connectivity index (χ0n) is 13.5. The minimum atomic E-state index is -0.900. The lowest BCUT2D eigenvalue weighted by Crippen LogP contribution is -2.33. The van der Waals surface area contributed by atoms with E-state index in [0.717, 1.165) is 32.0 Å². The van der Waals surface area contributed by atoms with Crippen molar-refractivity contribution >= 4 is 16.7 Å². The molecule has 0 amide bonds. The molecule has 6 heteroatoms. The molecule has 1 N–H and O–H groups in total. The molecule has 0 atom stereocenters. The molecule has 4 nitrogen and oxygen atoms in total. The highest BCUT2D eigenvalue weighted by molar-refractivity contribution is 5.89. The first-order valence-corrected chi connectivity index (χ1v) is 8.25. The minimum absolute atomic E-state index is 0.267. The molecule has 128 valence electrons. The van der Waals surface area contributed by atoms with Gasteiger partial charge in [-0.05, 0) is 42.5 Å². The molecule has 1 aromatic heterocycles. The van der Waals surface area contributed by atoms with Gasteiger partial charge in [-0.15, -0.1) is 0 Å². The SMILES string of the molecule is Oc1ccc(C2CCN(c3ncnc4cc(F)c(F)cc34)CC2)cc1. The molecule has 2 heterocycles. The van der Waals surface area contributed by atoms with Crippen LogP contribution >= 0.6 is 0 Å². The van der Waals surface area contributed by atoms with E-state index in [4.69, 9.17) is 0 Å². The Morgan fingerprint density at radius 1 is 0.960 bits per heavy atom. The Hall–Kier alpha value is -2.76. The van der Waals surface area contributed by atoms with Gasteiger partial charge in [-0.1, -0.05) is 12.1 Å². The molecule has 1 fully saturated rings. The summed E-state index contributed by atoms with van der Waals surface area (Å²) in [7, 11) is 0. The molecule has 1 aliphatic rings. The zero-order valence-corrected chi connectivity index (χ0v) is 13.5. The second kappa shape index (κ2) is 6.27. The Labute approximate surface area is 143 Å². The molecule has 0 radical (unpaired) electrons. The lowest BCUT2D eigenvalue weighted by molar-refractivity contribution is 0.472. The van der Waals surface area contributed by atoms with Crippen LogP contribution in [0.4, 0.5) is 14.6 Å². The van der Waals surface area contributed by atoms with E-state index in [-0.39, 0.29) is 5.75 Å². The lowest BCUT2D eigenvalue weighted by Gasteiger charge is -2.33. The van der Waals surface area contributed by atoms with Crippen LogP contribution < -0.4 is 4.90 Å². The predicted octanol–water partition coefficient (Wildman–Crippen LogP) is 4.00. The van der Waals surface area contributed by atoms with Gasteiger partial charge in [-0.3, -0.25) is 0 Å². The van der Waals surface area contributed by atoms with Crippen LogP contribution in [0.1, 0.15) is 24.3 Å². The Balaban J connectivity index is 1.57.